The Bertz CT molecular complexity index is 181. The average Bonchev–Trinajstić information content (AvgIpc) is 2.00. The predicted molar refractivity (Wildman–Crippen MR) is 49.3 cm³/mol. The highest BCUT2D eigenvalue weighted by Gasteiger charge is 2.56. The van der Waals surface area contributed by atoms with Gasteiger partial charge in [-0.05, 0) is 19.9 Å². The fourth-order valence-corrected chi connectivity index (χ4v) is 1.16. The van der Waals surface area contributed by atoms with E-state index in [9.17, 15) is 13.2 Å². The molecule has 1 unspecified atom stereocenters. The van der Waals surface area contributed by atoms with Crippen LogP contribution in [0.4, 0.5) is 13.2 Å². The van der Waals surface area contributed by atoms with Crippen molar-refractivity contribution in [3.63, 3.8) is 0 Å². The van der Waals surface area contributed by atoms with E-state index in [1.54, 1.807) is 7.05 Å². The first-order chi connectivity index (χ1) is 6.17. The molecule has 0 aromatic heterocycles. The molecule has 0 aromatic carbocycles. The summed E-state index contributed by atoms with van der Waals surface area (Å²) in [7, 11) is 1.55. The van der Waals surface area contributed by atoms with Crippen LogP contribution >= 0.6 is 0 Å². The molecule has 1 atom stereocenters. The van der Waals surface area contributed by atoms with E-state index in [1.807, 2.05) is 0 Å². The highest BCUT2D eigenvalue weighted by molar-refractivity contribution is 4.93. The van der Waals surface area contributed by atoms with Crippen molar-refractivity contribution >= 4 is 0 Å². The van der Waals surface area contributed by atoms with Crippen molar-refractivity contribution in [3.05, 3.63) is 0 Å². The van der Waals surface area contributed by atoms with Crippen LogP contribution in [0.15, 0.2) is 0 Å². The lowest BCUT2D eigenvalue weighted by molar-refractivity contribution is -0.243. The number of hydrogen-bond donors (Lipinski definition) is 2. The van der Waals surface area contributed by atoms with E-state index in [0.717, 1.165) is 11.9 Å². The average molecular weight is 213 g/mol. The van der Waals surface area contributed by atoms with Gasteiger partial charge in [0.1, 0.15) is 5.54 Å². The fraction of sp³-hybridized carbons (Fsp3) is 1.00. The van der Waals surface area contributed by atoms with Gasteiger partial charge in [0, 0.05) is 0 Å². The van der Waals surface area contributed by atoms with Crippen LogP contribution in [-0.2, 0) is 0 Å². The van der Waals surface area contributed by atoms with Gasteiger partial charge in [0.25, 0.3) is 0 Å². The molecule has 0 aromatic rings. The second kappa shape index (κ2) is 4.46. The second-order valence-corrected chi connectivity index (χ2v) is 3.78. The summed E-state index contributed by atoms with van der Waals surface area (Å²) in [6.07, 6.45) is -4.34. The maximum absolute atomic E-state index is 12.8. The Labute approximate surface area is 82.4 Å². The summed E-state index contributed by atoms with van der Waals surface area (Å²) in [5.41, 5.74) is -2.00. The molecular formula is C8H18F3N3. The van der Waals surface area contributed by atoms with E-state index < -0.39 is 17.6 Å². The van der Waals surface area contributed by atoms with Crippen LogP contribution in [0.3, 0.4) is 0 Å². The zero-order chi connectivity index (χ0) is 11.6. The third kappa shape index (κ3) is 2.37. The topological polar surface area (TPSA) is 41.3 Å². The largest absolute Gasteiger partial charge is 0.408 e. The van der Waals surface area contributed by atoms with Gasteiger partial charge < -0.3 is 5.32 Å². The number of rotatable bonds is 4. The van der Waals surface area contributed by atoms with Gasteiger partial charge in [-0.3, -0.25) is 5.84 Å². The molecule has 0 aliphatic carbocycles. The molecule has 0 saturated carbocycles. The van der Waals surface area contributed by atoms with Gasteiger partial charge in [0.2, 0.25) is 0 Å². The normalized spacial score (nSPS) is 17.6. The van der Waals surface area contributed by atoms with Crippen LogP contribution < -0.4 is 11.2 Å². The summed E-state index contributed by atoms with van der Waals surface area (Å²) in [5.74, 6) is 4.79. The molecule has 0 saturated heterocycles. The van der Waals surface area contributed by atoms with Crippen molar-refractivity contribution in [2.45, 2.75) is 32.5 Å². The van der Waals surface area contributed by atoms with Gasteiger partial charge >= 0.3 is 6.18 Å². The first kappa shape index (κ1) is 13.7. The van der Waals surface area contributed by atoms with Crippen LogP contribution in [0.1, 0.15) is 20.8 Å². The Balaban J connectivity index is 4.91. The van der Waals surface area contributed by atoms with Crippen molar-refractivity contribution in [3.8, 4) is 0 Å². The Morgan fingerprint density at radius 2 is 1.79 bits per heavy atom. The predicted octanol–water partition coefficient (Wildman–Crippen LogP) is 1.32. The first-order valence-electron chi connectivity index (χ1n) is 4.41. The number of hydrazine groups is 1. The van der Waals surface area contributed by atoms with E-state index in [0.29, 0.717) is 0 Å². The Hall–Kier alpha value is -0.330. The molecule has 0 rings (SSSR count). The molecule has 3 nitrogen and oxygen atoms in total. The minimum Gasteiger partial charge on any atom is -0.306 e. The zero-order valence-electron chi connectivity index (χ0n) is 8.94. The number of nitrogens with zero attached hydrogens (tertiary/aromatic N) is 1. The van der Waals surface area contributed by atoms with Gasteiger partial charge in [0.05, 0.1) is 6.67 Å². The van der Waals surface area contributed by atoms with Crippen LogP contribution in [0, 0.1) is 5.92 Å². The molecule has 14 heavy (non-hydrogen) atoms. The van der Waals surface area contributed by atoms with Crippen LogP contribution in [0.25, 0.3) is 0 Å². The summed E-state index contributed by atoms with van der Waals surface area (Å²) < 4.78 is 38.3. The monoisotopic (exact) mass is 213 g/mol. The molecular weight excluding hydrogens is 195 g/mol. The molecule has 0 spiro atoms. The smallest absolute Gasteiger partial charge is 0.306 e. The van der Waals surface area contributed by atoms with Gasteiger partial charge in [-0.15, -0.1) is 0 Å². The third-order valence-corrected chi connectivity index (χ3v) is 2.62. The van der Waals surface area contributed by atoms with Crippen LogP contribution in [0.2, 0.25) is 0 Å². The Morgan fingerprint density at radius 3 is 2.00 bits per heavy atom. The number of hydrogen-bond acceptors (Lipinski definition) is 3. The maximum atomic E-state index is 12.8. The molecule has 0 heterocycles. The van der Waals surface area contributed by atoms with Crippen molar-refractivity contribution in [1.29, 1.82) is 0 Å². The molecule has 0 fully saturated rings. The summed E-state index contributed by atoms with van der Waals surface area (Å²) in [5, 5.41) is 3.39. The van der Waals surface area contributed by atoms with Crippen LogP contribution in [0.5, 0.6) is 0 Å². The van der Waals surface area contributed by atoms with Gasteiger partial charge in [-0.25, -0.2) is 5.01 Å². The Kier molecular flexibility index (Phi) is 4.35. The van der Waals surface area contributed by atoms with Gasteiger partial charge in [-0.2, -0.15) is 13.2 Å². The molecule has 0 amide bonds. The van der Waals surface area contributed by atoms with E-state index in [-0.39, 0.29) is 6.67 Å². The minimum atomic E-state index is -4.34. The van der Waals surface area contributed by atoms with Gasteiger partial charge in [-0.1, -0.05) is 13.8 Å². The van der Waals surface area contributed by atoms with E-state index in [4.69, 9.17) is 5.84 Å². The number of alkyl halides is 3. The van der Waals surface area contributed by atoms with Crippen molar-refractivity contribution in [2.24, 2.45) is 11.8 Å². The summed E-state index contributed by atoms with van der Waals surface area (Å²) in [6.45, 7) is 4.11. The summed E-state index contributed by atoms with van der Waals surface area (Å²) >= 11 is 0. The first-order valence-corrected chi connectivity index (χ1v) is 4.41. The summed E-state index contributed by atoms with van der Waals surface area (Å²) in [6, 6.07) is 0. The van der Waals surface area contributed by atoms with Gasteiger partial charge in [0.15, 0.2) is 0 Å². The molecule has 0 aliphatic rings. The Morgan fingerprint density at radius 1 is 1.36 bits per heavy atom. The number of nitrogens with two attached hydrogens (primary N) is 1. The molecule has 0 bridgehead atoms. The second-order valence-electron chi connectivity index (χ2n) is 3.78. The number of nitrogens with one attached hydrogen (secondary N) is 1. The van der Waals surface area contributed by atoms with Crippen molar-refractivity contribution in [2.75, 3.05) is 13.7 Å². The molecule has 86 valence electrons. The lowest BCUT2D eigenvalue weighted by atomic mass is 9.87. The molecule has 3 N–H and O–H groups in total. The zero-order valence-corrected chi connectivity index (χ0v) is 8.94. The lowest BCUT2D eigenvalue weighted by Gasteiger charge is -2.42. The summed E-state index contributed by atoms with van der Waals surface area (Å²) in [4.78, 5) is 0. The van der Waals surface area contributed by atoms with E-state index in [2.05, 4.69) is 5.32 Å². The number of halogens is 3. The molecule has 0 radical (unpaired) electrons. The van der Waals surface area contributed by atoms with Crippen molar-refractivity contribution in [1.82, 2.24) is 10.3 Å². The fourth-order valence-electron chi connectivity index (χ4n) is 1.16. The SMILES string of the molecule is CNCN(N)C(C)(C(C)C)C(F)(F)F. The standard InChI is InChI=1S/C8H18F3N3/c1-6(2)7(3,8(9,10)11)14(12)5-13-4/h6,13H,5,12H2,1-4H3. The lowest BCUT2D eigenvalue weighted by Crippen LogP contribution is -2.64. The quantitative estimate of drug-likeness (QED) is 0.420. The molecule has 0 aliphatic heterocycles. The minimum absolute atomic E-state index is 0.00576. The van der Waals surface area contributed by atoms with E-state index >= 15 is 0 Å². The highest BCUT2D eigenvalue weighted by Crippen LogP contribution is 2.39. The molecule has 6 heteroatoms. The maximum Gasteiger partial charge on any atom is 0.408 e. The van der Waals surface area contributed by atoms with Crippen LogP contribution in [-0.4, -0.2) is 30.4 Å². The highest BCUT2D eigenvalue weighted by atomic mass is 19.4. The van der Waals surface area contributed by atoms with E-state index in [1.165, 1.54) is 13.8 Å². The third-order valence-electron chi connectivity index (χ3n) is 2.62. The van der Waals surface area contributed by atoms with Crippen molar-refractivity contribution < 1.29 is 13.2 Å².